The van der Waals surface area contributed by atoms with Crippen LogP contribution < -0.4 is 5.32 Å². The average Bonchev–Trinajstić information content (AvgIpc) is 3.03. The summed E-state index contributed by atoms with van der Waals surface area (Å²) in [6.07, 6.45) is 6.83. The van der Waals surface area contributed by atoms with E-state index in [0.717, 1.165) is 19.4 Å². The second kappa shape index (κ2) is 4.99. The maximum atomic E-state index is 9.65. The van der Waals surface area contributed by atoms with Crippen molar-refractivity contribution in [2.45, 2.75) is 37.8 Å². The first-order valence-electron chi connectivity index (χ1n) is 7.13. The van der Waals surface area contributed by atoms with Crippen LogP contribution in [-0.2, 0) is 13.6 Å². The Labute approximate surface area is 114 Å². The zero-order valence-corrected chi connectivity index (χ0v) is 11.5. The molecule has 2 N–H and O–H groups in total. The summed E-state index contributed by atoms with van der Waals surface area (Å²) in [5.41, 5.74) is 2.54. The second-order valence-corrected chi connectivity index (χ2v) is 5.78. The molecule has 1 fully saturated rings. The zero-order chi connectivity index (χ0) is 13.3. The predicted molar refractivity (Wildman–Crippen MR) is 78.0 cm³/mol. The number of rotatable bonds is 4. The van der Waals surface area contributed by atoms with Gasteiger partial charge >= 0.3 is 0 Å². The number of nitrogens with one attached hydrogen (secondary N) is 1. The molecule has 0 unspecified atom stereocenters. The highest BCUT2D eigenvalue weighted by atomic mass is 16.3. The van der Waals surface area contributed by atoms with Crippen molar-refractivity contribution in [2.24, 2.45) is 7.05 Å². The molecule has 3 heteroatoms. The van der Waals surface area contributed by atoms with E-state index in [1.807, 2.05) is 0 Å². The third-order valence-electron chi connectivity index (χ3n) is 4.50. The van der Waals surface area contributed by atoms with Crippen LogP contribution in [0.15, 0.2) is 30.5 Å². The number of aryl methyl sites for hydroxylation is 1. The fraction of sp³-hybridized carbons (Fsp3) is 0.500. The molecule has 0 atom stereocenters. The molecule has 1 aromatic carbocycles. The summed E-state index contributed by atoms with van der Waals surface area (Å²) in [7, 11) is 2.09. The van der Waals surface area contributed by atoms with Crippen LogP contribution in [-0.4, -0.2) is 21.8 Å². The lowest BCUT2D eigenvalue weighted by Crippen LogP contribution is -2.45. The van der Waals surface area contributed by atoms with Crippen LogP contribution in [0, 0.1) is 0 Å². The minimum atomic E-state index is -0.0447. The van der Waals surface area contributed by atoms with Crippen molar-refractivity contribution in [1.29, 1.82) is 0 Å². The summed E-state index contributed by atoms with van der Waals surface area (Å²) in [5, 5.41) is 14.6. The van der Waals surface area contributed by atoms with Crippen LogP contribution in [0.25, 0.3) is 10.9 Å². The number of benzene rings is 1. The Morgan fingerprint density at radius 1 is 1.26 bits per heavy atom. The van der Waals surface area contributed by atoms with Crippen molar-refractivity contribution in [3.8, 4) is 0 Å². The van der Waals surface area contributed by atoms with E-state index in [2.05, 4.69) is 47.4 Å². The van der Waals surface area contributed by atoms with Crippen LogP contribution in [0.3, 0.4) is 0 Å². The Morgan fingerprint density at radius 2 is 2.00 bits per heavy atom. The average molecular weight is 258 g/mol. The topological polar surface area (TPSA) is 37.2 Å². The quantitative estimate of drug-likeness (QED) is 0.884. The maximum absolute atomic E-state index is 9.65. The molecule has 2 aromatic rings. The summed E-state index contributed by atoms with van der Waals surface area (Å²) < 4.78 is 2.17. The summed E-state index contributed by atoms with van der Waals surface area (Å²) in [6.45, 7) is 1.08. The van der Waals surface area contributed by atoms with E-state index < -0.39 is 0 Å². The number of nitrogens with zero attached hydrogens (tertiary/aromatic N) is 1. The Balaban J connectivity index is 1.82. The first-order chi connectivity index (χ1) is 9.24. The third kappa shape index (κ3) is 2.28. The molecule has 0 amide bonds. The number of aromatic nitrogens is 1. The van der Waals surface area contributed by atoms with Gasteiger partial charge in [0.1, 0.15) is 0 Å². The zero-order valence-electron chi connectivity index (χ0n) is 11.5. The van der Waals surface area contributed by atoms with Gasteiger partial charge in [0.25, 0.3) is 0 Å². The number of fused-ring (bicyclic) bond motifs is 1. The molecular formula is C16H22N2O. The Kier molecular flexibility index (Phi) is 3.33. The maximum Gasteiger partial charge on any atom is 0.0613 e. The van der Waals surface area contributed by atoms with E-state index in [9.17, 15) is 5.11 Å². The standard InChI is InChI=1S/C16H22N2O/c1-18-11-13(14-6-2-3-7-15(14)18)10-17-16(12-19)8-4-5-9-16/h2-3,6-7,11,17,19H,4-5,8-10,12H2,1H3. The van der Waals surface area contributed by atoms with E-state index >= 15 is 0 Å². The van der Waals surface area contributed by atoms with Crippen LogP contribution >= 0.6 is 0 Å². The predicted octanol–water partition coefficient (Wildman–Crippen LogP) is 2.57. The van der Waals surface area contributed by atoms with Gasteiger partial charge in [-0.05, 0) is 24.5 Å². The number of hydrogen-bond acceptors (Lipinski definition) is 2. The van der Waals surface area contributed by atoms with Gasteiger partial charge in [0.2, 0.25) is 0 Å². The van der Waals surface area contributed by atoms with Crippen LogP contribution in [0.4, 0.5) is 0 Å². The van der Waals surface area contributed by atoms with E-state index in [0.29, 0.717) is 0 Å². The van der Waals surface area contributed by atoms with Crippen LogP contribution in [0.5, 0.6) is 0 Å². The lowest BCUT2D eigenvalue weighted by Gasteiger charge is -2.28. The molecule has 1 aliphatic carbocycles. The van der Waals surface area contributed by atoms with Crippen molar-refractivity contribution in [3.63, 3.8) is 0 Å². The highest BCUT2D eigenvalue weighted by Gasteiger charge is 2.32. The van der Waals surface area contributed by atoms with Crippen molar-refractivity contribution in [3.05, 3.63) is 36.0 Å². The molecule has 3 nitrogen and oxygen atoms in total. The summed E-state index contributed by atoms with van der Waals surface area (Å²) >= 11 is 0. The fourth-order valence-corrected chi connectivity index (χ4v) is 3.29. The largest absolute Gasteiger partial charge is 0.394 e. The van der Waals surface area contributed by atoms with Crippen LogP contribution in [0.1, 0.15) is 31.2 Å². The lowest BCUT2D eigenvalue weighted by molar-refractivity contribution is 0.163. The van der Waals surface area contributed by atoms with Gasteiger partial charge in [0.15, 0.2) is 0 Å². The SMILES string of the molecule is Cn1cc(CNC2(CO)CCCC2)c2ccccc21. The van der Waals surface area contributed by atoms with Crippen molar-refractivity contribution in [2.75, 3.05) is 6.61 Å². The number of hydrogen-bond donors (Lipinski definition) is 2. The van der Waals surface area contributed by atoms with Gasteiger partial charge in [-0.1, -0.05) is 31.0 Å². The van der Waals surface area contributed by atoms with Gasteiger partial charge in [-0.2, -0.15) is 0 Å². The van der Waals surface area contributed by atoms with Gasteiger partial charge in [0, 0.05) is 36.2 Å². The summed E-state index contributed by atoms with van der Waals surface area (Å²) in [6, 6.07) is 8.48. The third-order valence-corrected chi connectivity index (χ3v) is 4.50. The van der Waals surface area contributed by atoms with Gasteiger partial charge in [-0.3, -0.25) is 0 Å². The molecule has 1 aliphatic rings. The molecule has 3 rings (SSSR count). The monoisotopic (exact) mass is 258 g/mol. The second-order valence-electron chi connectivity index (χ2n) is 5.78. The van der Waals surface area contributed by atoms with E-state index in [1.165, 1.54) is 29.3 Å². The molecule has 102 valence electrons. The summed E-state index contributed by atoms with van der Waals surface area (Å²) in [5.74, 6) is 0. The van der Waals surface area contributed by atoms with Gasteiger partial charge in [0.05, 0.1) is 6.61 Å². The first kappa shape index (κ1) is 12.7. The Bertz CT molecular complexity index is 567. The lowest BCUT2D eigenvalue weighted by atomic mass is 9.98. The first-order valence-corrected chi connectivity index (χ1v) is 7.13. The van der Waals surface area contributed by atoms with Crippen molar-refractivity contribution < 1.29 is 5.11 Å². The van der Waals surface area contributed by atoms with E-state index in [1.54, 1.807) is 0 Å². The Morgan fingerprint density at radius 3 is 2.74 bits per heavy atom. The molecule has 0 bridgehead atoms. The van der Waals surface area contributed by atoms with Gasteiger partial charge < -0.3 is 15.0 Å². The van der Waals surface area contributed by atoms with Gasteiger partial charge in [-0.25, -0.2) is 0 Å². The Hall–Kier alpha value is -1.32. The molecular weight excluding hydrogens is 236 g/mol. The highest BCUT2D eigenvalue weighted by Crippen LogP contribution is 2.30. The molecule has 0 aliphatic heterocycles. The molecule has 1 aromatic heterocycles. The molecule has 1 heterocycles. The number of para-hydroxylation sites is 1. The van der Waals surface area contributed by atoms with E-state index in [-0.39, 0.29) is 12.1 Å². The normalized spacial score (nSPS) is 18.2. The van der Waals surface area contributed by atoms with Crippen molar-refractivity contribution >= 4 is 10.9 Å². The minimum absolute atomic E-state index is 0.0447. The molecule has 0 saturated heterocycles. The number of aliphatic hydroxyl groups excluding tert-OH is 1. The molecule has 1 saturated carbocycles. The molecule has 19 heavy (non-hydrogen) atoms. The minimum Gasteiger partial charge on any atom is -0.394 e. The van der Waals surface area contributed by atoms with Gasteiger partial charge in [-0.15, -0.1) is 0 Å². The summed E-state index contributed by atoms with van der Waals surface area (Å²) in [4.78, 5) is 0. The smallest absolute Gasteiger partial charge is 0.0613 e. The fourth-order valence-electron chi connectivity index (χ4n) is 3.29. The van der Waals surface area contributed by atoms with Crippen molar-refractivity contribution in [1.82, 2.24) is 9.88 Å². The highest BCUT2D eigenvalue weighted by molar-refractivity contribution is 5.83. The molecule has 0 spiro atoms. The number of aliphatic hydroxyl groups is 1. The van der Waals surface area contributed by atoms with E-state index in [4.69, 9.17) is 0 Å². The van der Waals surface area contributed by atoms with Crippen LogP contribution in [0.2, 0.25) is 0 Å². The molecule has 0 radical (unpaired) electrons.